The van der Waals surface area contributed by atoms with Gasteiger partial charge in [-0.15, -0.1) is 11.8 Å². The first kappa shape index (κ1) is 24.8. The van der Waals surface area contributed by atoms with Crippen LogP contribution in [0.2, 0.25) is 0 Å². The van der Waals surface area contributed by atoms with Crippen molar-refractivity contribution in [1.82, 2.24) is 4.90 Å². The van der Waals surface area contributed by atoms with Crippen molar-refractivity contribution in [2.75, 3.05) is 19.4 Å². The number of hydrogen-bond acceptors (Lipinski definition) is 8. The molecule has 31 heavy (non-hydrogen) atoms. The van der Waals surface area contributed by atoms with Crippen LogP contribution in [-0.2, 0) is 19.1 Å². The van der Waals surface area contributed by atoms with E-state index >= 15 is 0 Å². The van der Waals surface area contributed by atoms with Gasteiger partial charge in [-0.3, -0.25) is 9.59 Å². The van der Waals surface area contributed by atoms with Gasteiger partial charge in [0.25, 0.3) is 0 Å². The lowest BCUT2D eigenvalue weighted by Gasteiger charge is -2.26. The van der Waals surface area contributed by atoms with Crippen molar-refractivity contribution in [3.63, 3.8) is 0 Å². The molecule has 0 spiro atoms. The van der Waals surface area contributed by atoms with Gasteiger partial charge < -0.3 is 23.8 Å². The first-order valence-corrected chi connectivity index (χ1v) is 11.1. The number of thioether (sulfide) groups is 1. The van der Waals surface area contributed by atoms with Crippen LogP contribution in [0.5, 0.6) is 11.5 Å². The second kappa shape index (κ2) is 9.80. The molecule has 0 saturated carbocycles. The lowest BCUT2D eigenvalue weighted by Crippen LogP contribution is -2.32. The summed E-state index contributed by atoms with van der Waals surface area (Å²) in [5.41, 5.74) is -0.453. The number of benzene rings is 1. The Morgan fingerprint density at radius 3 is 2.29 bits per heavy atom. The Bertz CT molecular complexity index is 826. The maximum absolute atomic E-state index is 12.4. The van der Waals surface area contributed by atoms with Gasteiger partial charge in [0.1, 0.15) is 16.6 Å². The van der Waals surface area contributed by atoms with Crippen molar-refractivity contribution < 1.29 is 33.3 Å². The molecule has 0 aromatic heterocycles. The van der Waals surface area contributed by atoms with E-state index in [0.29, 0.717) is 11.5 Å². The molecule has 1 atom stereocenters. The van der Waals surface area contributed by atoms with E-state index in [1.165, 1.54) is 18.9 Å². The summed E-state index contributed by atoms with van der Waals surface area (Å²) in [6.07, 6.45) is -0.722. The molecule has 172 valence electrons. The summed E-state index contributed by atoms with van der Waals surface area (Å²) in [6.45, 7) is 10.9. The highest BCUT2D eigenvalue weighted by atomic mass is 32.2. The van der Waals surface area contributed by atoms with Crippen LogP contribution in [0.15, 0.2) is 18.2 Å². The summed E-state index contributed by atoms with van der Waals surface area (Å²) >= 11 is 1.46. The van der Waals surface area contributed by atoms with Crippen LogP contribution in [0.25, 0.3) is 0 Å². The quantitative estimate of drug-likeness (QED) is 0.465. The van der Waals surface area contributed by atoms with Crippen LogP contribution in [0, 0.1) is 0 Å². The summed E-state index contributed by atoms with van der Waals surface area (Å²) in [5, 5.41) is -0.278. The highest BCUT2D eigenvalue weighted by Crippen LogP contribution is 2.41. The van der Waals surface area contributed by atoms with Crippen molar-refractivity contribution in [1.29, 1.82) is 0 Å². The Balaban J connectivity index is 2.12. The van der Waals surface area contributed by atoms with Gasteiger partial charge in [0, 0.05) is 6.54 Å². The van der Waals surface area contributed by atoms with Crippen LogP contribution >= 0.6 is 11.8 Å². The summed E-state index contributed by atoms with van der Waals surface area (Å²) < 4.78 is 21.1. The molecular formula is C22H31NO7S. The monoisotopic (exact) mass is 453 g/mol. The molecule has 8 nitrogen and oxygen atoms in total. The Labute approximate surface area is 187 Å². The molecule has 1 saturated heterocycles. The summed E-state index contributed by atoms with van der Waals surface area (Å²) in [6, 6.07) is 5.09. The average Bonchev–Trinajstić information content (AvgIpc) is 2.98. The van der Waals surface area contributed by atoms with E-state index in [0.717, 1.165) is 5.56 Å². The van der Waals surface area contributed by atoms with Crippen molar-refractivity contribution >= 4 is 29.8 Å². The molecule has 9 heteroatoms. The molecule has 1 aromatic carbocycles. The van der Waals surface area contributed by atoms with E-state index in [1.54, 1.807) is 64.6 Å². The van der Waals surface area contributed by atoms with Gasteiger partial charge in [-0.25, -0.2) is 4.79 Å². The molecule has 0 N–H and O–H groups in total. The SMILES string of the molecule is COc1cc(C2SCC(=O)N2CCC(=O)OC(C)(C)C)ccc1OC(=O)OC(C)(C)C. The van der Waals surface area contributed by atoms with Crippen molar-refractivity contribution in [2.45, 2.75) is 64.5 Å². The third-order valence-electron chi connectivity index (χ3n) is 4.00. The number of methoxy groups -OCH3 is 1. The van der Waals surface area contributed by atoms with Crippen LogP contribution in [0.4, 0.5) is 4.79 Å². The summed E-state index contributed by atoms with van der Waals surface area (Å²) in [4.78, 5) is 38.1. The highest BCUT2D eigenvalue weighted by molar-refractivity contribution is 8.00. The minimum atomic E-state index is -0.831. The zero-order valence-electron chi connectivity index (χ0n) is 19.1. The number of nitrogens with zero attached hydrogens (tertiary/aromatic N) is 1. The first-order valence-electron chi connectivity index (χ1n) is 10.0. The van der Waals surface area contributed by atoms with Crippen molar-refractivity contribution in [3.8, 4) is 11.5 Å². The first-order chi connectivity index (χ1) is 14.3. The molecule has 0 aliphatic carbocycles. The maximum Gasteiger partial charge on any atom is 0.514 e. The molecule has 1 fully saturated rings. The third-order valence-corrected chi connectivity index (χ3v) is 5.26. The molecule has 0 radical (unpaired) electrons. The fourth-order valence-corrected chi connectivity index (χ4v) is 4.07. The van der Waals surface area contributed by atoms with Gasteiger partial charge in [-0.1, -0.05) is 6.07 Å². The fraction of sp³-hybridized carbons (Fsp3) is 0.591. The van der Waals surface area contributed by atoms with Crippen LogP contribution in [0.3, 0.4) is 0 Å². The van der Waals surface area contributed by atoms with E-state index in [2.05, 4.69) is 0 Å². The van der Waals surface area contributed by atoms with Crippen LogP contribution in [-0.4, -0.2) is 53.5 Å². The normalized spacial score (nSPS) is 16.8. The number of hydrogen-bond donors (Lipinski definition) is 0. The molecule has 2 rings (SSSR count). The predicted octanol–water partition coefficient (Wildman–Crippen LogP) is 4.31. The molecule has 1 aromatic rings. The number of esters is 1. The molecule has 1 unspecified atom stereocenters. The molecular weight excluding hydrogens is 422 g/mol. The lowest BCUT2D eigenvalue weighted by atomic mass is 10.1. The summed E-state index contributed by atoms with van der Waals surface area (Å²) in [7, 11) is 1.47. The Morgan fingerprint density at radius 2 is 1.71 bits per heavy atom. The van der Waals surface area contributed by atoms with E-state index < -0.39 is 17.4 Å². The molecule has 1 heterocycles. The van der Waals surface area contributed by atoms with Gasteiger partial charge in [-0.05, 0) is 59.2 Å². The van der Waals surface area contributed by atoms with E-state index in [-0.39, 0.29) is 36.0 Å². The van der Waals surface area contributed by atoms with Gasteiger partial charge in [0.15, 0.2) is 11.5 Å². The molecule has 0 bridgehead atoms. The molecule has 1 aliphatic rings. The van der Waals surface area contributed by atoms with E-state index in [9.17, 15) is 14.4 Å². The summed E-state index contributed by atoms with van der Waals surface area (Å²) in [5.74, 6) is 0.476. The third kappa shape index (κ3) is 7.65. The number of ether oxygens (including phenoxy) is 4. The molecule has 1 amide bonds. The highest BCUT2D eigenvalue weighted by Gasteiger charge is 2.34. The predicted molar refractivity (Wildman–Crippen MR) is 117 cm³/mol. The zero-order chi connectivity index (χ0) is 23.4. The Morgan fingerprint density at radius 1 is 1.06 bits per heavy atom. The van der Waals surface area contributed by atoms with Gasteiger partial charge in [-0.2, -0.15) is 0 Å². The van der Waals surface area contributed by atoms with Crippen molar-refractivity contribution in [3.05, 3.63) is 23.8 Å². The number of amides is 1. The standard InChI is InChI=1S/C22H31NO7S/c1-21(2,3)29-18(25)10-11-23-17(24)13-31-19(23)14-8-9-15(16(12-14)27-7)28-20(26)30-22(4,5)6/h8-9,12,19H,10-11,13H2,1-7H3. The minimum absolute atomic E-state index is 0.0494. The Hall–Kier alpha value is -2.42. The second-order valence-electron chi connectivity index (χ2n) is 9.06. The largest absolute Gasteiger partial charge is 0.514 e. The van der Waals surface area contributed by atoms with E-state index in [1.807, 2.05) is 0 Å². The topological polar surface area (TPSA) is 91.4 Å². The zero-order valence-corrected chi connectivity index (χ0v) is 20.0. The van der Waals surface area contributed by atoms with Gasteiger partial charge in [0.2, 0.25) is 5.91 Å². The van der Waals surface area contributed by atoms with Crippen LogP contribution < -0.4 is 9.47 Å². The molecule has 1 aliphatic heterocycles. The average molecular weight is 454 g/mol. The minimum Gasteiger partial charge on any atom is -0.493 e. The van der Waals surface area contributed by atoms with Crippen LogP contribution in [0.1, 0.15) is 58.9 Å². The smallest absolute Gasteiger partial charge is 0.493 e. The maximum atomic E-state index is 12.4. The number of carbonyl (C=O) groups excluding carboxylic acids is 3. The Kier molecular flexibility index (Phi) is 7.86. The van der Waals surface area contributed by atoms with Crippen molar-refractivity contribution in [2.24, 2.45) is 0 Å². The number of rotatable bonds is 6. The lowest BCUT2D eigenvalue weighted by molar-refractivity contribution is -0.155. The second-order valence-corrected chi connectivity index (χ2v) is 10.1. The van der Waals surface area contributed by atoms with E-state index in [4.69, 9.17) is 18.9 Å². The fourth-order valence-electron chi connectivity index (χ4n) is 2.86. The van der Waals surface area contributed by atoms with Gasteiger partial charge >= 0.3 is 12.1 Å². The number of carbonyl (C=O) groups is 3. The van der Waals surface area contributed by atoms with Gasteiger partial charge in [0.05, 0.1) is 19.3 Å².